The van der Waals surface area contributed by atoms with Crippen molar-refractivity contribution in [3.8, 4) is 0 Å². The van der Waals surface area contributed by atoms with Gasteiger partial charge < -0.3 is 5.11 Å². The molecule has 25 heavy (non-hydrogen) atoms. The first-order chi connectivity index (χ1) is 11.9. The van der Waals surface area contributed by atoms with E-state index in [1.165, 1.54) is 11.1 Å². The zero-order valence-electron chi connectivity index (χ0n) is 15.6. The van der Waals surface area contributed by atoms with E-state index in [9.17, 15) is 9.90 Å². The Morgan fingerprint density at radius 2 is 1.76 bits per heavy atom. The third-order valence-corrected chi connectivity index (χ3v) is 4.65. The molecule has 2 aromatic carbocycles. The maximum Gasteiger partial charge on any atom is 0.335 e. The molecule has 0 bridgehead atoms. The second-order valence-electron chi connectivity index (χ2n) is 7.10. The van der Waals surface area contributed by atoms with Gasteiger partial charge >= 0.3 is 5.97 Å². The van der Waals surface area contributed by atoms with Crippen LogP contribution in [0.25, 0.3) is 6.08 Å². The van der Waals surface area contributed by atoms with Gasteiger partial charge in [0.15, 0.2) is 0 Å². The zero-order chi connectivity index (χ0) is 18.4. The lowest BCUT2D eigenvalue weighted by molar-refractivity contribution is 0.0695. The fourth-order valence-corrected chi connectivity index (χ4v) is 3.00. The average molecular weight is 336 g/mol. The minimum Gasteiger partial charge on any atom is -0.478 e. The molecule has 0 amide bonds. The number of benzene rings is 2. The smallest absolute Gasteiger partial charge is 0.335 e. The highest BCUT2D eigenvalue weighted by molar-refractivity contribution is 5.89. The molecule has 0 saturated carbocycles. The van der Waals surface area contributed by atoms with Gasteiger partial charge in [0.25, 0.3) is 0 Å². The Labute approximate surface area is 151 Å². The molecule has 0 radical (unpaired) electrons. The Kier molecular flexibility index (Phi) is 6.58. The van der Waals surface area contributed by atoms with Gasteiger partial charge in [0.05, 0.1) is 5.56 Å². The lowest BCUT2D eigenvalue weighted by atomic mass is 9.90. The number of allylic oxidation sites excluding steroid dienone is 1. The van der Waals surface area contributed by atoms with Gasteiger partial charge in [-0.25, -0.2) is 4.79 Å². The van der Waals surface area contributed by atoms with E-state index in [0.29, 0.717) is 11.5 Å². The summed E-state index contributed by atoms with van der Waals surface area (Å²) in [6, 6.07) is 14.2. The van der Waals surface area contributed by atoms with Gasteiger partial charge in [0, 0.05) is 0 Å². The molecule has 132 valence electrons. The lowest BCUT2D eigenvalue weighted by Crippen LogP contribution is -2.06. The molecule has 0 spiro atoms. The fraction of sp³-hybridized carbons (Fsp3) is 0.348. The van der Waals surface area contributed by atoms with Crippen molar-refractivity contribution in [2.45, 2.75) is 52.4 Å². The van der Waals surface area contributed by atoms with Crippen LogP contribution < -0.4 is 0 Å². The maximum absolute atomic E-state index is 11.4. The minimum atomic E-state index is -0.845. The van der Waals surface area contributed by atoms with Gasteiger partial charge in [0.2, 0.25) is 0 Å². The monoisotopic (exact) mass is 336 g/mol. The molecule has 0 aliphatic carbocycles. The second-order valence-corrected chi connectivity index (χ2v) is 7.10. The van der Waals surface area contributed by atoms with E-state index in [4.69, 9.17) is 0 Å². The van der Waals surface area contributed by atoms with Crippen molar-refractivity contribution in [3.63, 3.8) is 0 Å². The molecule has 0 aromatic heterocycles. The molecular formula is C23H28O2. The summed E-state index contributed by atoms with van der Waals surface area (Å²) in [6.45, 7) is 8.50. The molecule has 2 nitrogen and oxygen atoms in total. The fourth-order valence-electron chi connectivity index (χ4n) is 3.00. The molecule has 1 N–H and O–H groups in total. The molecular weight excluding hydrogens is 308 g/mol. The Morgan fingerprint density at radius 1 is 1.08 bits per heavy atom. The molecule has 2 heteroatoms. The van der Waals surface area contributed by atoms with Crippen molar-refractivity contribution in [2.24, 2.45) is 0 Å². The number of carboxylic acid groups (broad SMARTS) is 1. The number of aromatic carboxylic acids is 1. The number of carboxylic acids is 1. The highest BCUT2D eigenvalue weighted by Gasteiger charge is 2.15. The van der Waals surface area contributed by atoms with Gasteiger partial charge in [-0.1, -0.05) is 74.9 Å². The summed E-state index contributed by atoms with van der Waals surface area (Å²) < 4.78 is 0. The van der Waals surface area contributed by atoms with Crippen LogP contribution in [-0.2, 0) is 0 Å². The summed E-state index contributed by atoms with van der Waals surface area (Å²) in [5, 5.41) is 9.37. The van der Waals surface area contributed by atoms with Gasteiger partial charge in [-0.3, -0.25) is 0 Å². The van der Waals surface area contributed by atoms with E-state index in [1.54, 1.807) is 6.07 Å². The molecule has 0 aliphatic heterocycles. The average Bonchev–Trinajstić information content (AvgIpc) is 2.58. The van der Waals surface area contributed by atoms with Gasteiger partial charge in [-0.15, -0.1) is 0 Å². The van der Waals surface area contributed by atoms with Crippen LogP contribution in [0, 0.1) is 6.92 Å². The Morgan fingerprint density at radius 3 is 2.36 bits per heavy atom. The van der Waals surface area contributed by atoms with Crippen LogP contribution in [-0.4, -0.2) is 11.1 Å². The van der Waals surface area contributed by atoms with Crippen molar-refractivity contribution in [1.82, 2.24) is 0 Å². The molecule has 1 atom stereocenters. The third-order valence-electron chi connectivity index (χ3n) is 4.65. The SMILES string of the molecule is Cc1ccc(C(=O)O)c(C(C)CCC=Cc2ccc(C(C)C)cc2)c1. The number of hydrogen-bond donors (Lipinski definition) is 1. The lowest BCUT2D eigenvalue weighted by Gasteiger charge is -2.14. The van der Waals surface area contributed by atoms with Crippen LogP contribution >= 0.6 is 0 Å². The highest BCUT2D eigenvalue weighted by atomic mass is 16.4. The normalized spacial score (nSPS) is 12.7. The largest absolute Gasteiger partial charge is 0.478 e. The van der Waals surface area contributed by atoms with Gasteiger partial charge in [0.1, 0.15) is 0 Å². The predicted octanol–water partition coefficient (Wildman–Crippen LogP) is 6.41. The number of aryl methyl sites for hydroxylation is 1. The molecule has 0 heterocycles. The van der Waals surface area contributed by atoms with Crippen molar-refractivity contribution >= 4 is 12.0 Å². The first kappa shape index (κ1) is 19.0. The van der Waals surface area contributed by atoms with Crippen molar-refractivity contribution in [2.75, 3.05) is 0 Å². The van der Waals surface area contributed by atoms with Crippen LogP contribution in [0.2, 0.25) is 0 Å². The minimum absolute atomic E-state index is 0.221. The van der Waals surface area contributed by atoms with Gasteiger partial charge in [-0.2, -0.15) is 0 Å². The predicted molar refractivity (Wildman–Crippen MR) is 105 cm³/mol. The Bertz CT molecular complexity index is 739. The van der Waals surface area contributed by atoms with Gasteiger partial charge in [-0.05, 0) is 54.4 Å². The molecule has 0 aliphatic rings. The summed E-state index contributed by atoms with van der Waals surface area (Å²) in [5.41, 5.74) is 5.02. The van der Waals surface area contributed by atoms with Crippen molar-refractivity contribution < 1.29 is 9.90 Å². The number of carbonyl (C=O) groups is 1. The zero-order valence-corrected chi connectivity index (χ0v) is 15.6. The molecule has 2 aromatic rings. The van der Waals surface area contributed by atoms with E-state index in [1.807, 2.05) is 19.1 Å². The molecule has 0 fully saturated rings. The van der Waals surface area contributed by atoms with Crippen LogP contribution in [0.1, 0.15) is 78.1 Å². The van der Waals surface area contributed by atoms with Crippen LogP contribution in [0.3, 0.4) is 0 Å². The van der Waals surface area contributed by atoms with Crippen LogP contribution in [0.5, 0.6) is 0 Å². The summed E-state index contributed by atoms with van der Waals surface area (Å²) in [4.78, 5) is 11.4. The highest BCUT2D eigenvalue weighted by Crippen LogP contribution is 2.26. The van der Waals surface area contributed by atoms with E-state index in [-0.39, 0.29) is 5.92 Å². The van der Waals surface area contributed by atoms with E-state index in [0.717, 1.165) is 24.0 Å². The first-order valence-corrected chi connectivity index (χ1v) is 8.99. The summed E-state index contributed by atoms with van der Waals surface area (Å²) in [7, 11) is 0. The molecule has 1 unspecified atom stereocenters. The Balaban J connectivity index is 1.97. The Hall–Kier alpha value is -2.35. The van der Waals surface area contributed by atoms with Crippen molar-refractivity contribution in [3.05, 3.63) is 76.4 Å². The summed E-state index contributed by atoms with van der Waals surface area (Å²) in [5.74, 6) is -0.0711. The van der Waals surface area contributed by atoms with E-state index >= 15 is 0 Å². The van der Waals surface area contributed by atoms with Crippen LogP contribution in [0.15, 0.2) is 48.5 Å². The van der Waals surface area contributed by atoms with E-state index in [2.05, 4.69) is 57.2 Å². The first-order valence-electron chi connectivity index (χ1n) is 8.99. The molecule has 0 saturated heterocycles. The van der Waals surface area contributed by atoms with E-state index < -0.39 is 5.97 Å². The maximum atomic E-state index is 11.4. The summed E-state index contributed by atoms with van der Waals surface area (Å²) in [6.07, 6.45) is 6.19. The molecule has 2 rings (SSSR count). The second kappa shape index (κ2) is 8.66. The number of hydrogen-bond acceptors (Lipinski definition) is 1. The number of rotatable bonds is 7. The van der Waals surface area contributed by atoms with Crippen molar-refractivity contribution in [1.29, 1.82) is 0 Å². The third kappa shape index (κ3) is 5.32. The summed E-state index contributed by atoms with van der Waals surface area (Å²) >= 11 is 0. The standard InChI is InChI=1S/C23H28O2/c1-16(2)20-12-10-19(11-13-20)8-6-5-7-18(4)22-15-17(3)9-14-21(22)23(24)25/h6,8-16,18H,5,7H2,1-4H3,(H,24,25). The quantitative estimate of drug-likeness (QED) is 0.634. The van der Waals surface area contributed by atoms with Crippen LogP contribution in [0.4, 0.5) is 0 Å². The topological polar surface area (TPSA) is 37.3 Å².